The molecule has 0 aliphatic heterocycles. The van der Waals surface area contributed by atoms with Crippen molar-refractivity contribution in [1.82, 2.24) is 9.97 Å². The van der Waals surface area contributed by atoms with Crippen LogP contribution in [0.15, 0.2) is 54.9 Å². The monoisotopic (exact) mass is 379 g/mol. The van der Waals surface area contributed by atoms with Crippen molar-refractivity contribution >= 4 is 34.7 Å². The third kappa shape index (κ3) is 4.47. The molecule has 4 N–H and O–H groups in total. The van der Waals surface area contributed by atoms with E-state index in [2.05, 4.69) is 20.6 Å². The highest BCUT2D eigenvalue weighted by atomic mass is 16.5. The smallest absolute Gasteiger partial charge is 0.338 e. The van der Waals surface area contributed by atoms with Gasteiger partial charge in [0.05, 0.1) is 19.3 Å². The summed E-state index contributed by atoms with van der Waals surface area (Å²) in [4.78, 5) is 20.1. The number of nitrogens with two attached hydrogens (primary N) is 1. The first-order valence-corrected chi connectivity index (χ1v) is 8.66. The van der Waals surface area contributed by atoms with Crippen molar-refractivity contribution in [3.63, 3.8) is 0 Å². The molecule has 0 amide bonds. The van der Waals surface area contributed by atoms with Gasteiger partial charge in [-0.2, -0.15) is 0 Å². The summed E-state index contributed by atoms with van der Waals surface area (Å²) < 4.78 is 10.2. The molecule has 28 heavy (non-hydrogen) atoms. The summed E-state index contributed by atoms with van der Waals surface area (Å²) >= 11 is 0. The quantitative estimate of drug-likeness (QED) is 0.533. The maximum Gasteiger partial charge on any atom is 0.338 e. The van der Waals surface area contributed by atoms with Crippen LogP contribution in [0.25, 0.3) is 0 Å². The van der Waals surface area contributed by atoms with E-state index in [4.69, 9.17) is 15.2 Å². The van der Waals surface area contributed by atoms with E-state index in [0.717, 1.165) is 17.1 Å². The summed E-state index contributed by atoms with van der Waals surface area (Å²) in [6, 6.07) is 14.3. The molecule has 8 nitrogen and oxygen atoms in total. The third-order valence-corrected chi connectivity index (χ3v) is 3.88. The van der Waals surface area contributed by atoms with E-state index in [1.54, 1.807) is 38.3 Å². The van der Waals surface area contributed by atoms with Crippen molar-refractivity contribution in [2.45, 2.75) is 6.92 Å². The first-order valence-electron chi connectivity index (χ1n) is 8.66. The molecular weight excluding hydrogens is 358 g/mol. The summed E-state index contributed by atoms with van der Waals surface area (Å²) in [5.41, 5.74) is 8.56. The Hall–Kier alpha value is -3.81. The van der Waals surface area contributed by atoms with Crippen LogP contribution < -0.4 is 21.1 Å². The fourth-order valence-corrected chi connectivity index (χ4v) is 2.47. The van der Waals surface area contributed by atoms with Crippen LogP contribution in [0.4, 0.5) is 28.7 Å². The Labute approximate surface area is 162 Å². The number of rotatable bonds is 7. The van der Waals surface area contributed by atoms with Gasteiger partial charge in [0.1, 0.15) is 17.8 Å². The number of nitrogen functional groups attached to an aromatic ring is 1. The van der Waals surface area contributed by atoms with Crippen molar-refractivity contribution < 1.29 is 14.3 Å². The van der Waals surface area contributed by atoms with Gasteiger partial charge in [-0.1, -0.05) is 6.07 Å². The highest BCUT2D eigenvalue weighted by molar-refractivity contribution is 5.90. The Kier molecular flexibility index (Phi) is 5.91. The lowest BCUT2D eigenvalue weighted by Gasteiger charge is -2.13. The number of carbonyl (C=O) groups is 1. The minimum absolute atomic E-state index is 0.333. The Bertz CT molecular complexity index is 960. The average molecular weight is 379 g/mol. The summed E-state index contributed by atoms with van der Waals surface area (Å²) in [6.07, 6.45) is 1.41. The second kappa shape index (κ2) is 8.72. The van der Waals surface area contributed by atoms with E-state index < -0.39 is 0 Å². The Morgan fingerprint density at radius 1 is 1.04 bits per heavy atom. The number of anilines is 5. The summed E-state index contributed by atoms with van der Waals surface area (Å²) in [7, 11) is 1.60. The zero-order chi connectivity index (χ0) is 19.9. The molecule has 0 fully saturated rings. The van der Waals surface area contributed by atoms with Gasteiger partial charge in [-0.3, -0.25) is 0 Å². The highest BCUT2D eigenvalue weighted by Gasteiger charge is 2.10. The molecule has 0 spiro atoms. The molecule has 8 heteroatoms. The zero-order valence-electron chi connectivity index (χ0n) is 15.6. The molecular formula is C20H21N5O3. The number of methoxy groups -OCH3 is 1. The van der Waals surface area contributed by atoms with Crippen LogP contribution in [-0.2, 0) is 4.74 Å². The molecule has 144 valence electrons. The maximum atomic E-state index is 11.7. The Balaban J connectivity index is 1.76. The largest absolute Gasteiger partial charge is 0.497 e. The number of esters is 1. The molecule has 1 aromatic heterocycles. The highest BCUT2D eigenvalue weighted by Crippen LogP contribution is 2.29. The Morgan fingerprint density at radius 2 is 1.71 bits per heavy atom. The van der Waals surface area contributed by atoms with Gasteiger partial charge in [-0.25, -0.2) is 14.8 Å². The van der Waals surface area contributed by atoms with Gasteiger partial charge < -0.3 is 25.8 Å². The number of nitrogens with zero attached hydrogens (tertiary/aromatic N) is 2. The predicted molar refractivity (Wildman–Crippen MR) is 108 cm³/mol. The number of benzene rings is 2. The second-order valence-electron chi connectivity index (χ2n) is 5.76. The summed E-state index contributed by atoms with van der Waals surface area (Å²) in [5, 5.41) is 6.28. The van der Waals surface area contributed by atoms with Crippen LogP contribution in [0, 0.1) is 0 Å². The first kappa shape index (κ1) is 19.0. The molecule has 3 aromatic rings. The topological polar surface area (TPSA) is 111 Å². The molecule has 0 radical (unpaired) electrons. The number of nitrogens with one attached hydrogen (secondary N) is 2. The number of hydrogen-bond acceptors (Lipinski definition) is 8. The second-order valence-corrected chi connectivity index (χ2v) is 5.76. The lowest BCUT2D eigenvalue weighted by Crippen LogP contribution is -2.06. The standard InChI is InChI=1S/C20H21N5O3/c1-3-28-20(26)13-7-9-14(10-8-13)24-18-17(21)19(23-12-22-18)25-15-5-4-6-16(11-15)27-2/h4-12H,3,21H2,1-2H3,(H2,22,23,24,25). The van der Waals surface area contributed by atoms with Gasteiger partial charge in [0, 0.05) is 17.4 Å². The normalized spacial score (nSPS) is 10.2. The number of hydrogen-bond donors (Lipinski definition) is 3. The van der Waals surface area contributed by atoms with E-state index in [9.17, 15) is 4.79 Å². The van der Waals surface area contributed by atoms with E-state index in [0.29, 0.717) is 29.5 Å². The van der Waals surface area contributed by atoms with Crippen LogP contribution >= 0.6 is 0 Å². The van der Waals surface area contributed by atoms with E-state index in [1.807, 2.05) is 24.3 Å². The van der Waals surface area contributed by atoms with Crippen LogP contribution in [-0.4, -0.2) is 29.7 Å². The van der Waals surface area contributed by atoms with Gasteiger partial charge >= 0.3 is 5.97 Å². The lowest BCUT2D eigenvalue weighted by molar-refractivity contribution is 0.0526. The summed E-state index contributed by atoms with van der Waals surface area (Å²) in [6.45, 7) is 2.10. The Morgan fingerprint density at radius 3 is 2.36 bits per heavy atom. The molecule has 2 aromatic carbocycles. The molecule has 0 unspecified atom stereocenters. The predicted octanol–water partition coefficient (Wildman–Crippen LogP) is 3.73. The molecule has 0 aliphatic rings. The van der Waals surface area contributed by atoms with E-state index >= 15 is 0 Å². The van der Waals surface area contributed by atoms with Crippen molar-refractivity contribution in [1.29, 1.82) is 0 Å². The van der Waals surface area contributed by atoms with Gasteiger partial charge in [0.25, 0.3) is 0 Å². The lowest BCUT2D eigenvalue weighted by atomic mass is 10.2. The fraction of sp³-hybridized carbons (Fsp3) is 0.150. The van der Waals surface area contributed by atoms with Gasteiger partial charge in [0.2, 0.25) is 0 Å². The maximum absolute atomic E-state index is 11.7. The van der Waals surface area contributed by atoms with Crippen molar-refractivity contribution in [2.75, 3.05) is 30.1 Å². The molecule has 3 rings (SSSR count). The van der Waals surface area contributed by atoms with Gasteiger partial charge in [-0.15, -0.1) is 0 Å². The molecule has 1 heterocycles. The molecule has 0 bridgehead atoms. The molecule has 0 aliphatic carbocycles. The minimum atomic E-state index is -0.361. The number of ether oxygens (including phenoxy) is 2. The SMILES string of the molecule is CCOC(=O)c1ccc(Nc2ncnc(Nc3cccc(OC)c3)c2N)cc1. The average Bonchev–Trinajstić information content (AvgIpc) is 2.72. The zero-order valence-corrected chi connectivity index (χ0v) is 15.6. The van der Waals surface area contributed by atoms with Gasteiger partial charge in [-0.05, 0) is 43.3 Å². The first-order chi connectivity index (χ1) is 13.6. The van der Waals surface area contributed by atoms with E-state index in [1.165, 1.54) is 6.33 Å². The third-order valence-electron chi connectivity index (χ3n) is 3.88. The van der Waals surface area contributed by atoms with E-state index in [-0.39, 0.29) is 5.97 Å². The number of carbonyl (C=O) groups excluding carboxylic acids is 1. The van der Waals surface area contributed by atoms with Gasteiger partial charge in [0.15, 0.2) is 11.6 Å². The molecule has 0 saturated heterocycles. The fourth-order valence-electron chi connectivity index (χ4n) is 2.47. The van der Waals surface area contributed by atoms with Crippen molar-refractivity contribution in [3.8, 4) is 5.75 Å². The minimum Gasteiger partial charge on any atom is -0.497 e. The van der Waals surface area contributed by atoms with Crippen LogP contribution in [0.5, 0.6) is 5.75 Å². The molecule has 0 atom stereocenters. The van der Waals surface area contributed by atoms with Crippen molar-refractivity contribution in [3.05, 3.63) is 60.4 Å². The van der Waals surface area contributed by atoms with Crippen LogP contribution in [0.2, 0.25) is 0 Å². The molecule has 0 saturated carbocycles. The van der Waals surface area contributed by atoms with Crippen molar-refractivity contribution in [2.24, 2.45) is 0 Å². The number of aromatic nitrogens is 2. The summed E-state index contributed by atoms with van der Waals surface area (Å²) in [5.74, 6) is 1.27. The van der Waals surface area contributed by atoms with Crippen LogP contribution in [0.3, 0.4) is 0 Å². The van der Waals surface area contributed by atoms with Crippen LogP contribution in [0.1, 0.15) is 17.3 Å².